The molecule has 0 unspecified atom stereocenters. The summed E-state index contributed by atoms with van der Waals surface area (Å²) in [5.74, 6) is -1.52. The SMILES string of the molecule is Cc1cc(C(=O)NC(C)(C)C(=O)O)ccc1Cl. The topological polar surface area (TPSA) is 66.4 Å². The van der Waals surface area contributed by atoms with Crippen molar-refractivity contribution < 1.29 is 14.7 Å². The van der Waals surface area contributed by atoms with Crippen molar-refractivity contribution in [3.8, 4) is 0 Å². The Morgan fingerprint density at radius 2 is 1.94 bits per heavy atom. The number of amides is 1. The molecule has 1 amide bonds. The van der Waals surface area contributed by atoms with Gasteiger partial charge in [0.2, 0.25) is 0 Å². The minimum Gasteiger partial charge on any atom is -0.480 e. The highest BCUT2D eigenvalue weighted by atomic mass is 35.5. The van der Waals surface area contributed by atoms with E-state index in [0.29, 0.717) is 10.6 Å². The second-order valence-corrected chi connectivity index (χ2v) is 4.76. The van der Waals surface area contributed by atoms with Crippen LogP contribution in [0.25, 0.3) is 0 Å². The van der Waals surface area contributed by atoms with E-state index in [9.17, 15) is 9.59 Å². The molecule has 0 spiro atoms. The molecule has 17 heavy (non-hydrogen) atoms. The third-order valence-electron chi connectivity index (χ3n) is 2.38. The van der Waals surface area contributed by atoms with Gasteiger partial charge in [0.1, 0.15) is 5.54 Å². The summed E-state index contributed by atoms with van der Waals surface area (Å²) in [5.41, 5.74) is -0.140. The fourth-order valence-corrected chi connectivity index (χ4v) is 1.31. The monoisotopic (exact) mass is 255 g/mol. The Labute approximate surface area is 105 Å². The molecule has 0 saturated heterocycles. The molecule has 0 aliphatic carbocycles. The number of carboxylic acid groups (broad SMARTS) is 1. The number of hydrogen-bond acceptors (Lipinski definition) is 2. The molecule has 0 bridgehead atoms. The molecule has 0 aliphatic heterocycles. The predicted molar refractivity (Wildman–Crippen MR) is 65.4 cm³/mol. The number of nitrogens with one attached hydrogen (secondary N) is 1. The van der Waals surface area contributed by atoms with E-state index >= 15 is 0 Å². The van der Waals surface area contributed by atoms with Gasteiger partial charge in [-0.05, 0) is 44.5 Å². The smallest absolute Gasteiger partial charge is 0.328 e. The number of carboxylic acids is 1. The Kier molecular flexibility index (Phi) is 3.78. The summed E-state index contributed by atoms with van der Waals surface area (Å²) in [4.78, 5) is 22.7. The lowest BCUT2D eigenvalue weighted by atomic mass is 10.0. The van der Waals surface area contributed by atoms with Gasteiger partial charge in [0.25, 0.3) is 5.91 Å². The number of aryl methyl sites for hydroxylation is 1. The van der Waals surface area contributed by atoms with Crippen LogP contribution < -0.4 is 5.32 Å². The molecule has 0 saturated carbocycles. The molecule has 0 heterocycles. The molecule has 0 radical (unpaired) electrons. The molecular weight excluding hydrogens is 242 g/mol. The van der Waals surface area contributed by atoms with Gasteiger partial charge in [0, 0.05) is 10.6 Å². The van der Waals surface area contributed by atoms with Crippen molar-refractivity contribution in [2.45, 2.75) is 26.3 Å². The fourth-order valence-electron chi connectivity index (χ4n) is 1.20. The summed E-state index contributed by atoms with van der Waals surface area (Å²) in [6, 6.07) is 4.79. The Bertz CT molecular complexity index is 469. The number of rotatable bonds is 3. The van der Waals surface area contributed by atoms with Crippen molar-refractivity contribution in [2.75, 3.05) is 0 Å². The first kappa shape index (κ1) is 13.5. The van der Waals surface area contributed by atoms with Gasteiger partial charge in [-0.1, -0.05) is 11.6 Å². The van der Waals surface area contributed by atoms with Crippen LogP contribution in [-0.4, -0.2) is 22.5 Å². The summed E-state index contributed by atoms with van der Waals surface area (Å²) in [5, 5.41) is 11.9. The molecule has 4 nitrogen and oxygen atoms in total. The van der Waals surface area contributed by atoms with Crippen molar-refractivity contribution in [3.63, 3.8) is 0 Å². The van der Waals surface area contributed by atoms with Crippen LogP contribution in [0.2, 0.25) is 5.02 Å². The Balaban J connectivity index is 2.91. The summed E-state index contributed by atoms with van der Waals surface area (Å²) < 4.78 is 0. The lowest BCUT2D eigenvalue weighted by Gasteiger charge is -2.21. The summed E-state index contributed by atoms with van der Waals surface area (Å²) in [6.07, 6.45) is 0. The second kappa shape index (κ2) is 4.75. The molecule has 0 aromatic heterocycles. The summed E-state index contributed by atoms with van der Waals surface area (Å²) >= 11 is 5.84. The normalized spacial score (nSPS) is 11.1. The van der Waals surface area contributed by atoms with Crippen LogP contribution in [0.5, 0.6) is 0 Å². The predicted octanol–water partition coefficient (Wildman–Crippen LogP) is 2.24. The third kappa shape index (κ3) is 3.20. The first-order valence-corrected chi connectivity index (χ1v) is 5.44. The van der Waals surface area contributed by atoms with Gasteiger partial charge in [0.15, 0.2) is 0 Å². The zero-order valence-corrected chi connectivity index (χ0v) is 10.6. The molecule has 2 N–H and O–H groups in total. The third-order valence-corrected chi connectivity index (χ3v) is 2.80. The quantitative estimate of drug-likeness (QED) is 0.871. The van der Waals surface area contributed by atoms with Crippen molar-refractivity contribution in [2.24, 2.45) is 0 Å². The Morgan fingerprint density at radius 3 is 2.41 bits per heavy atom. The molecule has 1 aromatic rings. The van der Waals surface area contributed by atoms with Crippen LogP contribution in [0, 0.1) is 6.92 Å². The molecule has 0 fully saturated rings. The maximum Gasteiger partial charge on any atom is 0.328 e. The van der Waals surface area contributed by atoms with Crippen LogP contribution in [-0.2, 0) is 4.79 Å². The lowest BCUT2D eigenvalue weighted by molar-refractivity contribution is -0.143. The molecule has 0 aliphatic rings. The van der Waals surface area contributed by atoms with E-state index in [0.717, 1.165) is 5.56 Å². The number of halogens is 1. The lowest BCUT2D eigenvalue weighted by Crippen LogP contribution is -2.49. The van der Waals surface area contributed by atoms with E-state index in [-0.39, 0.29) is 0 Å². The van der Waals surface area contributed by atoms with Crippen LogP contribution in [0.3, 0.4) is 0 Å². The van der Waals surface area contributed by atoms with Crippen LogP contribution in [0.15, 0.2) is 18.2 Å². The highest BCUT2D eigenvalue weighted by Gasteiger charge is 2.29. The van der Waals surface area contributed by atoms with Crippen molar-refractivity contribution >= 4 is 23.5 Å². The molecule has 5 heteroatoms. The number of hydrogen-bond donors (Lipinski definition) is 2. The van der Waals surface area contributed by atoms with Gasteiger partial charge < -0.3 is 10.4 Å². The van der Waals surface area contributed by atoms with Gasteiger partial charge in [-0.15, -0.1) is 0 Å². The second-order valence-electron chi connectivity index (χ2n) is 4.35. The van der Waals surface area contributed by atoms with Crippen LogP contribution in [0.4, 0.5) is 0 Å². The first-order chi connectivity index (χ1) is 7.74. The van der Waals surface area contributed by atoms with Crippen molar-refractivity contribution in [1.29, 1.82) is 0 Å². The molecule has 92 valence electrons. The highest BCUT2D eigenvalue weighted by Crippen LogP contribution is 2.16. The maximum absolute atomic E-state index is 11.8. The van der Waals surface area contributed by atoms with E-state index in [4.69, 9.17) is 16.7 Å². The molecule has 1 aromatic carbocycles. The standard InChI is InChI=1S/C12H14ClNO3/c1-7-6-8(4-5-9(7)13)10(15)14-12(2,3)11(16)17/h4-6H,1-3H3,(H,14,15)(H,16,17). The fraction of sp³-hybridized carbons (Fsp3) is 0.333. The summed E-state index contributed by atoms with van der Waals surface area (Å²) in [6.45, 7) is 4.63. The van der Waals surface area contributed by atoms with Crippen molar-refractivity contribution in [3.05, 3.63) is 34.3 Å². The van der Waals surface area contributed by atoms with E-state index in [1.807, 2.05) is 0 Å². The first-order valence-electron chi connectivity index (χ1n) is 5.06. The van der Waals surface area contributed by atoms with Crippen molar-refractivity contribution in [1.82, 2.24) is 5.32 Å². The average Bonchev–Trinajstić information content (AvgIpc) is 2.21. The van der Waals surface area contributed by atoms with Gasteiger partial charge in [-0.25, -0.2) is 4.79 Å². The van der Waals surface area contributed by atoms with E-state index < -0.39 is 17.4 Å². The van der Waals surface area contributed by atoms with Crippen LogP contribution in [0.1, 0.15) is 29.8 Å². The van der Waals surface area contributed by atoms with Gasteiger partial charge in [-0.2, -0.15) is 0 Å². The highest BCUT2D eigenvalue weighted by molar-refractivity contribution is 6.31. The molecular formula is C12H14ClNO3. The minimum atomic E-state index is -1.30. The number of benzene rings is 1. The molecule has 1 rings (SSSR count). The zero-order valence-electron chi connectivity index (χ0n) is 9.87. The minimum absolute atomic E-state index is 0.390. The van der Waals surface area contributed by atoms with E-state index in [1.165, 1.54) is 13.8 Å². The maximum atomic E-state index is 11.8. The van der Waals surface area contributed by atoms with Crippen LogP contribution >= 0.6 is 11.6 Å². The number of aliphatic carboxylic acids is 1. The van der Waals surface area contributed by atoms with Gasteiger partial charge in [-0.3, -0.25) is 4.79 Å². The number of carbonyl (C=O) groups is 2. The Morgan fingerprint density at radius 1 is 1.35 bits per heavy atom. The van der Waals surface area contributed by atoms with Gasteiger partial charge >= 0.3 is 5.97 Å². The molecule has 0 atom stereocenters. The van der Waals surface area contributed by atoms with E-state index in [1.54, 1.807) is 25.1 Å². The zero-order chi connectivity index (χ0) is 13.2. The Hall–Kier alpha value is -1.55. The summed E-state index contributed by atoms with van der Waals surface area (Å²) in [7, 11) is 0. The number of carbonyl (C=O) groups excluding carboxylic acids is 1. The van der Waals surface area contributed by atoms with E-state index in [2.05, 4.69) is 5.32 Å². The van der Waals surface area contributed by atoms with Gasteiger partial charge in [0.05, 0.1) is 0 Å². The average molecular weight is 256 g/mol. The largest absolute Gasteiger partial charge is 0.480 e.